The Kier molecular flexibility index (Phi) is 4.23. The zero-order valence-corrected chi connectivity index (χ0v) is 12.2. The lowest BCUT2D eigenvalue weighted by molar-refractivity contribution is 0.0691. The van der Waals surface area contributed by atoms with Crippen LogP contribution in [0.5, 0.6) is 0 Å². The van der Waals surface area contributed by atoms with Crippen LogP contribution in [0.15, 0.2) is 30.6 Å². The number of carbonyl (C=O) groups is 2. The van der Waals surface area contributed by atoms with Crippen molar-refractivity contribution in [2.75, 3.05) is 5.32 Å². The van der Waals surface area contributed by atoms with Gasteiger partial charge in [0.15, 0.2) is 0 Å². The van der Waals surface area contributed by atoms with Gasteiger partial charge in [0.1, 0.15) is 0 Å². The SMILES string of the molecule is Cc1ccc(C)c(C(=O)Nc2cnccc2Cl)c1C(=O)O. The molecule has 0 saturated heterocycles. The summed E-state index contributed by atoms with van der Waals surface area (Å²) in [6, 6.07) is 4.92. The number of halogens is 1. The van der Waals surface area contributed by atoms with E-state index in [9.17, 15) is 14.7 Å². The number of pyridine rings is 1. The summed E-state index contributed by atoms with van der Waals surface area (Å²) in [5.41, 5.74) is 1.56. The monoisotopic (exact) mass is 304 g/mol. The number of rotatable bonds is 3. The molecular weight excluding hydrogens is 292 g/mol. The van der Waals surface area contributed by atoms with Gasteiger partial charge < -0.3 is 10.4 Å². The van der Waals surface area contributed by atoms with Gasteiger partial charge in [-0.1, -0.05) is 23.7 Å². The predicted octanol–water partition coefficient (Wildman–Crippen LogP) is 3.30. The van der Waals surface area contributed by atoms with Crippen molar-refractivity contribution in [2.45, 2.75) is 13.8 Å². The Hall–Kier alpha value is -2.40. The molecule has 0 aliphatic heterocycles. The molecule has 2 N–H and O–H groups in total. The van der Waals surface area contributed by atoms with E-state index in [1.54, 1.807) is 32.0 Å². The zero-order valence-electron chi connectivity index (χ0n) is 11.5. The maximum Gasteiger partial charge on any atom is 0.336 e. The summed E-state index contributed by atoms with van der Waals surface area (Å²) in [4.78, 5) is 27.7. The number of amides is 1. The molecule has 2 aromatic rings. The van der Waals surface area contributed by atoms with Gasteiger partial charge in [-0.15, -0.1) is 0 Å². The maximum atomic E-state index is 12.4. The van der Waals surface area contributed by atoms with E-state index < -0.39 is 11.9 Å². The summed E-state index contributed by atoms with van der Waals surface area (Å²) in [5, 5.41) is 12.2. The topological polar surface area (TPSA) is 79.3 Å². The summed E-state index contributed by atoms with van der Waals surface area (Å²) < 4.78 is 0. The van der Waals surface area contributed by atoms with Crippen molar-refractivity contribution >= 4 is 29.2 Å². The van der Waals surface area contributed by atoms with E-state index in [-0.39, 0.29) is 11.1 Å². The molecule has 1 aromatic heterocycles. The molecule has 1 heterocycles. The average molecular weight is 305 g/mol. The molecule has 0 radical (unpaired) electrons. The second-order valence-electron chi connectivity index (χ2n) is 4.56. The predicted molar refractivity (Wildman–Crippen MR) is 80.1 cm³/mol. The largest absolute Gasteiger partial charge is 0.478 e. The van der Waals surface area contributed by atoms with Crippen molar-refractivity contribution in [1.82, 2.24) is 4.98 Å². The van der Waals surface area contributed by atoms with Gasteiger partial charge in [-0.05, 0) is 31.0 Å². The van der Waals surface area contributed by atoms with E-state index in [1.807, 2.05) is 0 Å². The number of aromatic carboxylic acids is 1. The third-order valence-electron chi connectivity index (χ3n) is 3.08. The molecule has 0 fully saturated rings. The Bertz CT molecular complexity index is 729. The molecule has 21 heavy (non-hydrogen) atoms. The minimum Gasteiger partial charge on any atom is -0.478 e. The first-order chi connectivity index (χ1) is 9.91. The Morgan fingerprint density at radius 3 is 2.33 bits per heavy atom. The molecular formula is C15H13ClN2O3. The minimum atomic E-state index is -1.14. The first-order valence-electron chi connectivity index (χ1n) is 6.16. The Morgan fingerprint density at radius 2 is 1.76 bits per heavy atom. The van der Waals surface area contributed by atoms with E-state index >= 15 is 0 Å². The second kappa shape index (κ2) is 5.93. The van der Waals surface area contributed by atoms with Crippen molar-refractivity contribution in [1.29, 1.82) is 0 Å². The van der Waals surface area contributed by atoms with Crippen LogP contribution in [-0.2, 0) is 0 Å². The van der Waals surface area contributed by atoms with Crippen LogP contribution in [-0.4, -0.2) is 22.0 Å². The number of anilines is 1. The molecule has 0 spiro atoms. The fourth-order valence-corrected chi connectivity index (χ4v) is 2.19. The number of carbonyl (C=O) groups excluding carboxylic acids is 1. The molecule has 0 aliphatic carbocycles. The van der Waals surface area contributed by atoms with E-state index in [2.05, 4.69) is 10.3 Å². The van der Waals surface area contributed by atoms with Crippen LogP contribution in [0.1, 0.15) is 31.8 Å². The first-order valence-corrected chi connectivity index (χ1v) is 6.54. The molecule has 1 amide bonds. The number of aromatic nitrogens is 1. The van der Waals surface area contributed by atoms with Crippen LogP contribution in [0.2, 0.25) is 5.02 Å². The van der Waals surface area contributed by atoms with Gasteiger partial charge in [0, 0.05) is 6.20 Å². The molecule has 108 valence electrons. The average Bonchev–Trinajstić information content (AvgIpc) is 2.43. The van der Waals surface area contributed by atoms with Crippen molar-refractivity contribution < 1.29 is 14.7 Å². The summed E-state index contributed by atoms with van der Waals surface area (Å²) in [6.07, 6.45) is 2.91. The van der Waals surface area contributed by atoms with Gasteiger partial charge in [-0.2, -0.15) is 0 Å². The van der Waals surface area contributed by atoms with Crippen LogP contribution in [0, 0.1) is 13.8 Å². The van der Waals surface area contributed by atoms with Gasteiger partial charge >= 0.3 is 5.97 Å². The molecule has 0 saturated carbocycles. The number of benzene rings is 1. The van der Waals surface area contributed by atoms with Gasteiger partial charge in [-0.25, -0.2) is 4.79 Å². The molecule has 1 aromatic carbocycles. The summed E-state index contributed by atoms with van der Waals surface area (Å²) in [6.45, 7) is 3.34. The zero-order chi connectivity index (χ0) is 15.6. The van der Waals surface area contributed by atoms with Crippen molar-refractivity contribution in [3.05, 3.63) is 57.9 Å². The van der Waals surface area contributed by atoms with Crippen LogP contribution < -0.4 is 5.32 Å². The Balaban J connectivity index is 2.47. The van der Waals surface area contributed by atoms with Crippen LogP contribution in [0.4, 0.5) is 5.69 Å². The van der Waals surface area contributed by atoms with Crippen molar-refractivity contribution in [3.63, 3.8) is 0 Å². The second-order valence-corrected chi connectivity index (χ2v) is 4.97. The third-order valence-corrected chi connectivity index (χ3v) is 3.41. The third kappa shape index (κ3) is 3.03. The highest BCUT2D eigenvalue weighted by molar-refractivity contribution is 6.33. The van der Waals surface area contributed by atoms with Crippen LogP contribution in [0.3, 0.4) is 0 Å². The quantitative estimate of drug-likeness (QED) is 0.912. The van der Waals surface area contributed by atoms with Crippen molar-refractivity contribution in [3.8, 4) is 0 Å². The number of hydrogen-bond donors (Lipinski definition) is 2. The molecule has 0 atom stereocenters. The fourth-order valence-electron chi connectivity index (χ4n) is 2.03. The van der Waals surface area contributed by atoms with E-state index in [4.69, 9.17) is 11.6 Å². The lowest BCUT2D eigenvalue weighted by Gasteiger charge is -2.13. The molecule has 0 aliphatic rings. The number of nitrogens with one attached hydrogen (secondary N) is 1. The molecule has 0 bridgehead atoms. The van der Waals surface area contributed by atoms with E-state index in [0.29, 0.717) is 21.8 Å². The Labute approximate surface area is 126 Å². The standard InChI is InChI=1S/C15H13ClN2O3/c1-8-3-4-9(2)13(15(20)21)12(8)14(19)18-11-7-17-6-5-10(11)16/h3-7H,1-2H3,(H,18,19)(H,20,21). The van der Waals surface area contributed by atoms with Crippen molar-refractivity contribution in [2.24, 2.45) is 0 Å². The van der Waals surface area contributed by atoms with Gasteiger partial charge in [0.25, 0.3) is 5.91 Å². The molecule has 6 heteroatoms. The van der Waals surface area contributed by atoms with Gasteiger partial charge in [0.2, 0.25) is 0 Å². The number of nitrogens with zero attached hydrogens (tertiary/aromatic N) is 1. The lowest BCUT2D eigenvalue weighted by atomic mass is 9.96. The number of aryl methyl sites for hydroxylation is 2. The minimum absolute atomic E-state index is 0.00693. The first kappa shape index (κ1) is 15.0. The Morgan fingerprint density at radius 1 is 1.14 bits per heavy atom. The highest BCUT2D eigenvalue weighted by Crippen LogP contribution is 2.23. The summed E-state index contributed by atoms with van der Waals surface area (Å²) in [7, 11) is 0. The smallest absolute Gasteiger partial charge is 0.336 e. The maximum absolute atomic E-state index is 12.4. The summed E-state index contributed by atoms with van der Waals surface area (Å²) in [5.74, 6) is -1.66. The van der Waals surface area contributed by atoms with E-state index in [0.717, 1.165) is 0 Å². The number of carboxylic acids is 1. The van der Waals surface area contributed by atoms with Gasteiger partial charge in [-0.3, -0.25) is 9.78 Å². The molecule has 5 nitrogen and oxygen atoms in total. The fraction of sp³-hybridized carbons (Fsp3) is 0.133. The molecule has 0 unspecified atom stereocenters. The van der Waals surface area contributed by atoms with Gasteiger partial charge in [0.05, 0.1) is 28.0 Å². The van der Waals surface area contributed by atoms with E-state index in [1.165, 1.54) is 12.4 Å². The highest BCUT2D eigenvalue weighted by atomic mass is 35.5. The summed E-state index contributed by atoms with van der Waals surface area (Å²) >= 11 is 5.96. The lowest BCUT2D eigenvalue weighted by Crippen LogP contribution is -2.19. The number of hydrogen-bond acceptors (Lipinski definition) is 3. The normalized spacial score (nSPS) is 10.2. The highest BCUT2D eigenvalue weighted by Gasteiger charge is 2.21. The van der Waals surface area contributed by atoms with Crippen LogP contribution in [0.25, 0.3) is 0 Å². The molecule has 2 rings (SSSR count). The van der Waals surface area contributed by atoms with Crippen LogP contribution >= 0.6 is 11.6 Å². The number of carboxylic acid groups (broad SMARTS) is 1.